The maximum absolute atomic E-state index is 11.1. The van der Waals surface area contributed by atoms with Crippen LogP contribution in [0.1, 0.15) is 37.7 Å². The summed E-state index contributed by atoms with van der Waals surface area (Å²) in [5, 5.41) is 17.3. The van der Waals surface area contributed by atoms with Gasteiger partial charge in [-0.15, -0.1) is 24.0 Å². The van der Waals surface area contributed by atoms with E-state index in [2.05, 4.69) is 20.3 Å². The fourth-order valence-electron chi connectivity index (χ4n) is 2.90. The zero-order chi connectivity index (χ0) is 19.7. The second kappa shape index (κ2) is 12.2. The number of guanidine groups is 1. The predicted molar refractivity (Wildman–Crippen MR) is 121 cm³/mol. The Hall–Kier alpha value is -1.47. The molecule has 0 saturated heterocycles. The number of nitrogens with one attached hydrogen (secondary N) is 3. The first-order valence-electron chi connectivity index (χ1n) is 9.06. The molecule has 9 nitrogen and oxygen atoms in total. The summed E-state index contributed by atoms with van der Waals surface area (Å²) in [7, 11) is -3.22. The predicted octanol–water partition coefficient (Wildman–Crippen LogP) is 2.13. The molecule has 28 heavy (non-hydrogen) atoms. The zero-order valence-electron chi connectivity index (χ0n) is 15.9. The van der Waals surface area contributed by atoms with E-state index in [1.807, 2.05) is 0 Å². The van der Waals surface area contributed by atoms with E-state index in [1.54, 1.807) is 12.1 Å². The molecule has 3 N–H and O–H groups in total. The Morgan fingerprint density at radius 1 is 1.18 bits per heavy atom. The Morgan fingerprint density at radius 2 is 1.82 bits per heavy atom. The van der Waals surface area contributed by atoms with E-state index in [9.17, 15) is 18.5 Å². The molecular formula is C17H28IN5O4S. The Bertz CT molecular complexity index is 749. The molecule has 0 unspecified atom stereocenters. The van der Waals surface area contributed by atoms with E-state index < -0.39 is 14.9 Å². The topological polar surface area (TPSA) is 126 Å². The van der Waals surface area contributed by atoms with Gasteiger partial charge in [0.2, 0.25) is 10.0 Å². The van der Waals surface area contributed by atoms with Crippen LogP contribution < -0.4 is 15.4 Å². The zero-order valence-corrected chi connectivity index (χ0v) is 19.0. The fraction of sp³-hybridized carbons (Fsp3) is 0.588. The lowest BCUT2D eigenvalue weighted by Crippen LogP contribution is -2.46. The van der Waals surface area contributed by atoms with Gasteiger partial charge in [0, 0.05) is 31.3 Å². The van der Waals surface area contributed by atoms with Gasteiger partial charge in [-0.25, -0.2) is 18.1 Å². The summed E-state index contributed by atoms with van der Waals surface area (Å²) in [6.07, 6.45) is 6.90. The average molecular weight is 525 g/mol. The van der Waals surface area contributed by atoms with E-state index in [0.717, 1.165) is 24.7 Å². The van der Waals surface area contributed by atoms with Crippen molar-refractivity contribution in [3.8, 4) is 0 Å². The van der Waals surface area contributed by atoms with Gasteiger partial charge in [0.15, 0.2) is 5.96 Å². The first-order chi connectivity index (χ1) is 12.8. The van der Waals surface area contributed by atoms with E-state index in [0.29, 0.717) is 25.1 Å². The molecule has 1 aliphatic rings. The Morgan fingerprint density at radius 3 is 2.39 bits per heavy atom. The van der Waals surface area contributed by atoms with Gasteiger partial charge in [0.1, 0.15) is 0 Å². The number of benzene rings is 1. The SMILES string of the molecule is CS(=O)(=O)NCCNC(=NCc1ccc([N+](=O)[O-])cc1)NC1CCCCC1.I. The molecule has 0 radical (unpaired) electrons. The highest BCUT2D eigenvalue weighted by molar-refractivity contribution is 14.0. The number of hydrogen-bond donors (Lipinski definition) is 3. The van der Waals surface area contributed by atoms with Crippen LogP contribution in [0.3, 0.4) is 0 Å². The standard InChI is InChI=1S/C17H27N5O4S.HI/c1-27(25,26)20-12-11-18-17(21-15-5-3-2-4-6-15)19-13-14-7-9-16(10-8-14)22(23)24;/h7-10,15,20H,2-6,11-13H2,1H3,(H2,18,19,21);1H. The lowest BCUT2D eigenvalue weighted by molar-refractivity contribution is -0.384. The van der Waals surface area contributed by atoms with Crippen molar-refractivity contribution in [1.29, 1.82) is 0 Å². The van der Waals surface area contributed by atoms with Crippen molar-refractivity contribution in [2.45, 2.75) is 44.7 Å². The number of rotatable bonds is 8. The van der Waals surface area contributed by atoms with Crippen LogP contribution in [0.15, 0.2) is 29.3 Å². The van der Waals surface area contributed by atoms with Crippen molar-refractivity contribution in [2.24, 2.45) is 4.99 Å². The highest BCUT2D eigenvalue weighted by Gasteiger charge is 2.14. The third-order valence-electron chi connectivity index (χ3n) is 4.29. The molecule has 1 fully saturated rings. The van der Waals surface area contributed by atoms with Gasteiger partial charge in [-0.1, -0.05) is 31.4 Å². The lowest BCUT2D eigenvalue weighted by atomic mass is 9.96. The van der Waals surface area contributed by atoms with Crippen molar-refractivity contribution < 1.29 is 13.3 Å². The quantitative estimate of drug-likeness (QED) is 0.119. The van der Waals surface area contributed by atoms with E-state index in [4.69, 9.17) is 0 Å². The first kappa shape index (κ1) is 24.6. The molecule has 0 amide bonds. The van der Waals surface area contributed by atoms with Crippen molar-refractivity contribution in [2.75, 3.05) is 19.3 Å². The monoisotopic (exact) mass is 525 g/mol. The molecule has 1 aliphatic carbocycles. The molecule has 0 heterocycles. The van der Waals surface area contributed by atoms with Crippen molar-refractivity contribution in [3.05, 3.63) is 39.9 Å². The highest BCUT2D eigenvalue weighted by Crippen LogP contribution is 2.17. The summed E-state index contributed by atoms with van der Waals surface area (Å²) in [6.45, 7) is 1.05. The number of aliphatic imine (C=N–C) groups is 1. The minimum atomic E-state index is -3.22. The van der Waals surface area contributed by atoms with Crippen LogP contribution in [0.25, 0.3) is 0 Å². The molecule has 158 valence electrons. The van der Waals surface area contributed by atoms with Gasteiger partial charge in [-0.05, 0) is 18.4 Å². The number of non-ortho nitro benzene ring substituents is 1. The molecule has 2 rings (SSSR count). The minimum absolute atomic E-state index is 0. The first-order valence-corrected chi connectivity index (χ1v) is 11.0. The largest absolute Gasteiger partial charge is 0.355 e. The number of halogens is 1. The number of nitro benzene ring substituents is 1. The molecule has 0 aromatic heterocycles. The Labute approximate surface area is 183 Å². The lowest BCUT2D eigenvalue weighted by Gasteiger charge is -2.25. The van der Waals surface area contributed by atoms with Crippen LogP contribution in [-0.4, -0.2) is 44.7 Å². The fourth-order valence-corrected chi connectivity index (χ4v) is 3.38. The molecule has 0 spiro atoms. The van der Waals surface area contributed by atoms with Crippen molar-refractivity contribution in [3.63, 3.8) is 0 Å². The third kappa shape index (κ3) is 9.64. The number of hydrogen-bond acceptors (Lipinski definition) is 5. The molecule has 1 aromatic rings. The number of nitro groups is 1. The van der Waals surface area contributed by atoms with Crippen LogP contribution >= 0.6 is 24.0 Å². The van der Waals surface area contributed by atoms with Crippen LogP contribution in [0, 0.1) is 10.1 Å². The minimum Gasteiger partial charge on any atom is -0.355 e. The molecule has 1 aromatic carbocycles. The molecule has 0 bridgehead atoms. The van der Waals surface area contributed by atoms with Crippen LogP contribution in [0.5, 0.6) is 0 Å². The van der Waals surface area contributed by atoms with Gasteiger partial charge in [0.25, 0.3) is 5.69 Å². The number of nitrogens with zero attached hydrogens (tertiary/aromatic N) is 2. The summed E-state index contributed by atoms with van der Waals surface area (Å²) in [6, 6.07) is 6.64. The molecular weight excluding hydrogens is 497 g/mol. The summed E-state index contributed by atoms with van der Waals surface area (Å²) < 4.78 is 24.7. The Kier molecular flexibility index (Phi) is 10.7. The van der Waals surface area contributed by atoms with Crippen molar-refractivity contribution >= 4 is 45.6 Å². The molecule has 11 heteroatoms. The molecule has 0 aliphatic heterocycles. The third-order valence-corrected chi connectivity index (χ3v) is 5.02. The second-order valence-electron chi connectivity index (χ2n) is 6.66. The average Bonchev–Trinajstić information content (AvgIpc) is 2.63. The van der Waals surface area contributed by atoms with Gasteiger partial charge < -0.3 is 10.6 Å². The summed E-state index contributed by atoms with van der Waals surface area (Å²) >= 11 is 0. The van der Waals surface area contributed by atoms with Gasteiger partial charge in [-0.3, -0.25) is 10.1 Å². The molecule has 0 atom stereocenters. The van der Waals surface area contributed by atoms with Crippen LogP contribution in [0.4, 0.5) is 5.69 Å². The van der Waals surface area contributed by atoms with Gasteiger partial charge >= 0.3 is 0 Å². The van der Waals surface area contributed by atoms with Crippen LogP contribution in [-0.2, 0) is 16.6 Å². The summed E-state index contributed by atoms with van der Waals surface area (Å²) in [5.41, 5.74) is 0.910. The van der Waals surface area contributed by atoms with Crippen molar-refractivity contribution in [1.82, 2.24) is 15.4 Å². The van der Waals surface area contributed by atoms with E-state index >= 15 is 0 Å². The number of sulfonamides is 1. The second-order valence-corrected chi connectivity index (χ2v) is 8.49. The van der Waals surface area contributed by atoms with Crippen LogP contribution in [0.2, 0.25) is 0 Å². The Balaban J connectivity index is 0.00000392. The van der Waals surface area contributed by atoms with Gasteiger partial charge in [0.05, 0.1) is 17.7 Å². The molecule has 1 saturated carbocycles. The summed E-state index contributed by atoms with van der Waals surface area (Å²) in [5.74, 6) is 0.621. The highest BCUT2D eigenvalue weighted by atomic mass is 127. The maximum Gasteiger partial charge on any atom is 0.269 e. The van der Waals surface area contributed by atoms with E-state index in [1.165, 1.54) is 31.4 Å². The summed E-state index contributed by atoms with van der Waals surface area (Å²) in [4.78, 5) is 14.8. The normalized spacial score (nSPS) is 15.5. The smallest absolute Gasteiger partial charge is 0.269 e. The van der Waals surface area contributed by atoms with E-state index in [-0.39, 0.29) is 36.2 Å². The maximum atomic E-state index is 11.1. The van der Waals surface area contributed by atoms with Gasteiger partial charge in [-0.2, -0.15) is 0 Å².